The highest BCUT2D eigenvalue weighted by Gasteiger charge is 2.52. The van der Waals surface area contributed by atoms with Crippen LogP contribution in [0.25, 0.3) is 21.9 Å². The van der Waals surface area contributed by atoms with E-state index >= 15 is 0 Å². The van der Waals surface area contributed by atoms with Crippen LogP contribution in [0, 0.1) is 0 Å². The Morgan fingerprint density at radius 2 is 1.00 bits per heavy atom. The Morgan fingerprint density at radius 1 is 0.528 bits per heavy atom. The monoisotopic (exact) mass is 462 g/mol. The maximum absolute atomic E-state index is 14.8. The van der Waals surface area contributed by atoms with Gasteiger partial charge < -0.3 is 0 Å². The van der Waals surface area contributed by atoms with Crippen LogP contribution in [0.3, 0.4) is 0 Å². The summed E-state index contributed by atoms with van der Waals surface area (Å²) in [5.41, 5.74) is 10.4. The lowest BCUT2D eigenvalue weighted by Crippen LogP contribution is -2.35. The maximum atomic E-state index is 14.8. The van der Waals surface area contributed by atoms with Crippen molar-refractivity contribution in [3.8, 4) is 0 Å². The second-order valence-electron chi connectivity index (χ2n) is 10.5. The Bertz CT molecular complexity index is 1770. The summed E-state index contributed by atoms with van der Waals surface area (Å²) in [5, 5.41) is 1.93. The molecule has 0 radical (unpaired) electrons. The van der Waals surface area contributed by atoms with Gasteiger partial charge in [0.05, 0.1) is 11.8 Å². The van der Waals surface area contributed by atoms with Gasteiger partial charge in [0.2, 0.25) is 0 Å². The van der Waals surface area contributed by atoms with Gasteiger partial charge in [-0.25, -0.2) is 0 Å². The van der Waals surface area contributed by atoms with E-state index in [9.17, 15) is 14.4 Å². The van der Waals surface area contributed by atoms with E-state index in [-0.39, 0.29) is 17.3 Å². The fourth-order valence-corrected chi connectivity index (χ4v) is 7.65. The van der Waals surface area contributed by atoms with Crippen LogP contribution in [0.4, 0.5) is 0 Å². The number of Topliss-reactive ketones (excluding diaryl/α,β-unsaturated/α-hetero) is 3. The Balaban J connectivity index is 1.43. The standard InChI is InChI=1S/C33H18O3/c34-31-20-11-9-15-10-12-21-28-24(15)27(20)29(25-18-7-3-1-5-16(18)13-22(25)31)33(36)30(28)26-19-8-4-2-6-17(19)14-23(26)32(21)35/h1-12,29-30H,13-14H2. The molecule has 9 rings (SSSR count). The molecule has 0 aliphatic heterocycles. The lowest BCUT2D eigenvalue weighted by Gasteiger charge is -2.39. The fraction of sp³-hybridized carbons (Fsp3) is 0.121. The number of rotatable bonds is 0. The fourth-order valence-electron chi connectivity index (χ4n) is 7.65. The van der Waals surface area contributed by atoms with Crippen molar-refractivity contribution in [3.05, 3.63) is 128 Å². The zero-order valence-electron chi connectivity index (χ0n) is 19.2. The van der Waals surface area contributed by atoms with Crippen molar-refractivity contribution in [2.24, 2.45) is 0 Å². The van der Waals surface area contributed by atoms with E-state index in [4.69, 9.17) is 0 Å². The molecule has 0 saturated heterocycles. The summed E-state index contributed by atoms with van der Waals surface area (Å²) in [6.45, 7) is 0. The van der Waals surface area contributed by atoms with Crippen LogP contribution in [0.2, 0.25) is 0 Å². The first-order chi connectivity index (χ1) is 17.6. The van der Waals surface area contributed by atoms with Gasteiger partial charge in [0.25, 0.3) is 0 Å². The first kappa shape index (κ1) is 18.9. The van der Waals surface area contributed by atoms with Gasteiger partial charge in [-0.2, -0.15) is 0 Å². The first-order valence-corrected chi connectivity index (χ1v) is 12.5. The van der Waals surface area contributed by atoms with E-state index in [1.54, 1.807) is 0 Å². The number of allylic oxidation sites excluding steroid dienone is 4. The van der Waals surface area contributed by atoms with E-state index in [0.29, 0.717) is 24.0 Å². The Kier molecular flexibility index (Phi) is 3.18. The summed E-state index contributed by atoms with van der Waals surface area (Å²) < 4.78 is 0. The lowest BCUT2D eigenvalue weighted by atomic mass is 9.61. The minimum absolute atomic E-state index is 0.0199. The van der Waals surface area contributed by atoms with Crippen molar-refractivity contribution < 1.29 is 14.4 Å². The van der Waals surface area contributed by atoms with E-state index in [2.05, 4.69) is 24.3 Å². The molecule has 0 heterocycles. The molecule has 3 heteroatoms. The van der Waals surface area contributed by atoms with Crippen LogP contribution in [0.15, 0.2) is 83.9 Å². The Morgan fingerprint density at radius 3 is 1.50 bits per heavy atom. The highest BCUT2D eigenvalue weighted by molar-refractivity contribution is 6.32. The number of fused-ring (bicyclic) bond motifs is 6. The van der Waals surface area contributed by atoms with Crippen LogP contribution < -0.4 is 0 Å². The van der Waals surface area contributed by atoms with Gasteiger partial charge in [-0.3, -0.25) is 14.4 Å². The van der Waals surface area contributed by atoms with Crippen molar-refractivity contribution >= 4 is 39.3 Å². The summed E-state index contributed by atoms with van der Waals surface area (Å²) in [5.74, 6) is -0.861. The maximum Gasteiger partial charge on any atom is 0.190 e. The third kappa shape index (κ3) is 1.95. The molecule has 5 aliphatic carbocycles. The van der Waals surface area contributed by atoms with Gasteiger partial charge in [-0.15, -0.1) is 0 Å². The molecule has 0 spiro atoms. The smallest absolute Gasteiger partial charge is 0.190 e. The van der Waals surface area contributed by atoms with E-state index < -0.39 is 11.8 Å². The Hall–Kier alpha value is -4.37. The van der Waals surface area contributed by atoms with Crippen molar-refractivity contribution in [3.63, 3.8) is 0 Å². The quantitative estimate of drug-likeness (QED) is 0.322. The van der Waals surface area contributed by atoms with Crippen LogP contribution in [-0.4, -0.2) is 17.3 Å². The molecule has 5 aliphatic rings. The predicted molar refractivity (Wildman–Crippen MR) is 137 cm³/mol. The van der Waals surface area contributed by atoms with E-state index in [1.165, 1.54) is 0 Å². The predicted octanol–water partition coefficient (Wildman–Crippen LogP) is 6.00. The summed E-state index contributed by atoms with van der Waals surface area (Å²) in [6.07, 6.45) is 1.14. The summed E-state index contributed by atoms with van der Waals surface area (Å²) in [4.78, 5) is 42.4. The summed E-state index contributed by atoms with van der Waals surface area (Å²) in [7, 11) is 0. The third-order valence-corrected chi connectivity index (χ3v) is 9.03. The molecule has 0 amide bonds. The molecular formula is C33H18O3. The highest BCUT2D eigenvalue weighted by Crippen LogP contribution is 2.60. The van der Waals surface area contributed by atoms with Crippen LogP contribution in [0.1, 0.15) is 65.9 Å². The van der Waals surface area contributed by atoms with Gasteiger partial charge in [0.1, 0.15) is 0 Å². The minimum Gasteiger partial charge on any atom is -0.298 e. The van der Waals surface area contributed by atoms with Gasteiger partial charge in [0, 0.05) is 35.1 Å². The van der Waals surface area contributed by atoms with Crippen molar-refractivity contribution in [1.29, 1.82) is 0 Å². The molecule has 3 nitrogen and oxygen atoms in total. The number of carbonyl (C=O) groups is 3. The molecular weight excluding hydrogens is 444 g/mol. The van der Waals surface area contributed by atoms with Crippen LogP contribution in [-0.2, 0) is 17.6 Å². The van der Waals surface area contributed by atoms with Crippen molar-refractivity contribution in [2.75, 3.05) is 0 Å². The molecule has 0 bridgehead atoms. The average Bonchev–Trinajstić information content (AvgIpc) is 3.48. The first-order valence-electron chi connectivity index (χ1n) is 12.5. The summed E-state index contributed by atoms with van der Waals surface area (Å²) in [6, 6.07) is 23.9. The van der Waals surface area contributed by atoms with Crippen LogP contribution in [0.5, 0.6) is 0 Å². The second kappa shape index (κ2) is 6.06. The molecule has 0 N–H and O–H groups in total. The van der Waals surface area contributed by atoms with Crippen LogP contribution >= 0.6 is 0 Å². The molecule has 2 atom stereocenters. The number of ketones is 3. The SMILES string of the molecule is O=C1C2=C(c3ccccc3C2)C2C(=O)C3C4=C(Cc5ccccc54)C(=O)c4ccc5ccc1c2c5c43. The van der Waals surface area contributed by atoms with Gasteiger partial charge in [-0.05, 0) is 55.3 Å². The molecule has 4 aromatic rings. The topological polar surface area (TPSA) is 51.2 Å². The van der Waals surface area contributed by atoms with Gasteiger partial charge in [-0.1, -0.05) is 72.8 Å². The number of hydrogen-bond donors (Lipinski definition) is 0. The molecule has 0 saturated carbocycles. The van der Waals surface area contributed by atoms with Crippen molar-refractivity contribution in [2.45, 2.75) is 24.7 Å². The van der Waals surface area contributed by atoms with Gasteiger partial charge >= 0.3 is 0 Å². The molecule has 36 heavy (non-hydrogen) atoms. The molecule has 4 aromatic carbocycles. The highest BCUT2D eigenvalue weighted by atomic mass is 16.1. The molecule has 0 aromatic heterocycles. The average molecular weight is 463 g/mol. The summed E-state index contributed by atoms with van der Waals surface area (Å²) >= 11 is 0. The third-order valence-electron chi connectivity index (χ3n) is 9.03. The van der Waals surface area contributed by atoms with E-state index in [1.807, 2.05) is 48.5 Å². The molecule has 168 valence electrons. The normalized spacial score (nSPS) is 22.2. The number of benzene rings is 4. The number of hydrogen-bond acceptors (Lipinski definition) is 3. The number of carbonyl (C=O) groups excluding carboxylic acids is 3. The second-order valence-corrected chi connectivity index (χ2v) is 10.5. The Labute approximate surface area is 206 Å². The minimum atomic E-state index is -0.498. The van der Waals surface area contributed by atoms with Gasteiger partial charge in [0.15, 0.2) is 17.3 Å². The zero-order valence-corrected chi connectivity index (χ0v) is 19.2. The lowest BCUT2D eigenvalue weighted by molar-refractivity contribution is -0.119. The van der Waals surface area contributed by atoms with E-state index in [0.717, 1.165) is 66.4 Å². The zero-order chi connectivity index (χ0) is 23.9. The van der Waals surface area contributed by atoms with Crippen molar-refractivity contribution in [1.82, 2.24) is 0 Å². The largest absolute Gasteiger partial charge is 0.298 e. The molecule has 2 unspecified atom stereocenters. The molecule has 0 fully saturated rings.